The van der Waals surface area contributed by atoms with E-state index in [2.05, 4.69) is 15.9 Å². The molecule has 8 heteroatoms. The molecule has 0 atom stereocenters. The third-order valence-corrected chi connectivity index (χ3v) is 6.21. The Morgan fingerprint density at radius 1 is 1.16 bits per heavy atom. The summed E-state index contributed by atoms with van der Waals surface area (Å²) in [6.45, 7) is 4.08. The molecule has 4 rings (SSSR count). The van der Waals surface area contributed by atoms with Crippen LogP contribution in [0.4, 0.5) is 10.5 Å². The number of carbonyl (C=O) groups is 3. The molecular formula is C23H19BrN2O4S. The first-order chi connectivity index (χ1) is 14.9. The van der Waals surface area contributed by atoms with E-state index < -0.39 is 0 Å². The smallest absolute Gasteiger partial charge is 0.325 e. The number of ether oxygens (including phenoxy) is 1. The Labute approximate surface area is 192 Å². The maximum absolute atomic E-state index is 13.0. The van der Waals surface area contributed by atoms with Crippen molar-refractivity contribution in [3.05, 3.63) is 69.2 Å². The van der Waals surface area contributed by atoms with Crippen LogP contribution < -0.4 is 4.90 Å². The maximum Gasteiger partial charge on any atom is 0.325 e. The summed E-state index contributed by atoms with van der Waals surface area (Å²) in [4.78, 5) is 39.1. The zero-order chi connectivity index (χ0) is 22.1. The normalized spacial score (nSPS) is 15.3. The second-order valence-electron chi connectivity index (χ2n) is 7.03. The van der Waals surface area contributed by atoms with Crippen LogP contribution in [0.25, 0.3) is 17.0 Å². The van der Waals surface area contributed by atoms with E-state index in [1.54, 1.807) is 35.9 Å². The van der Waals surface area contributed by atoms with E-state index >= 15 is 0 Å². The molecule has 0 spiro atoms. The number of anilines is 1. The van der Waals surface area contributed by atoms with Crippen molar-refractivity contribution in [1.29, 1.82) is 0 Å². The highest BCUT2D eigenvalue weighted by atomic mass is 79.9. The predicted molar refractivity (Wildman–Crippen MR) is 126 cm³/mol. The number of halogens is 1. The average molecular weight is 499 g/mol. The molecule has 1 aromatic heterocycles. The van der Waals surface area contributed by atoms with E-state index in [-0.39, 0.29) is 23.7 Å². The molecular weight excluding hydrogens is 480 g/mol. The Balaban J connectivity index is 1.72. The van der Waals surface area contributed by atoms with Crippen LogP contribution in [0.2, 0.25) is 0 Å². The van der Waals surface area contributed by atoms with Crippen LogP contribution in [0, 0.1) is 6.92 Å². The summed E-state index contributed by atoms with van der Waals surface area (Å²) in [5, 5.41) is 0.525. The van der Waals surface area contributed by atoms with Gasteiger partial charge in [-0.25, -0.2) is 4.90 Å². The topological polar surface area (TPSA) is 68.6 Å². The third kappa shape index (κ3) is 4.31. The van der Waals surface area contributed by atoms with Crippen molar-refractivity contribution < 1.29 is 19.1 Å². The number of esters is 1. The summed E-state index contributed by atoms with van der Waals surface area (Å²) in [5.41, 5.74) is 3.17. The number of benzene rings is 2. The highest BCUT2D eigenvalue weighted by molar-refractivity contribution is 9.10. The van der Waals surface area contributed by atoms with Crippen LogP contribution in [-0.2, 0) is 20.9 Å². The molecule has 1 fully saturated rings. The summed E-state index contributed by atoms with van der Waals surface area (Å²) in [6, 6.07) is 13.0. The highest BCUT2D eigenvalue weighted by Gasteiger charge is 2.36. The fourth-order valence-corrected chi connectivity index (χ4v) is 4.61. The first-order valence-corrected chi connectivity index (χ1v) is 11.3. The Hall–Kier alpha value is -2.84. The van der Waals surface area contributed by atoms with Gasteiger partial charge in [0.2, 0.25) is 0 Å². The van der Waals surface area contributed by atoms with Crippen molar-refractivity contribution in [2.24, 2.45) is 0 Å². The van der Waals surface area contributed by atoms with E-state index in [0.29, 0.717) is 17.2 Å². The third-order valence-electron chi connectivity index (χ3n) is 4.85. The van der Waals surface area contributed by atoms with Gasteiger partial charge >= 0.3 is 5.97 Å². The summed E-state index contributed by atoms with van der Waals surface area (Å²) < 4.78 is 7.73. The van der Waals surface area contributed by atoms with Gasteiger partial charge in [-0.2, -0.15) is 0 Å². The summed E-state index contributed by atoms with van der Waals surface area (Å²) in [7, 11) is 0. The molecule has 0 bridgehead atoms. The van der Waals surface area contributed by atoms with Gasteiger partial charge in [0.25, 0.3) is 11.1 Å². The number of thioether (sulfide) groups is 1. The number of hydrogen-bond donors (Lipinski definition) is 0. The van der Waals surface area contributed by atoms with Crippen LogP contribution in [0.5, 0.6) is 0 Å². The first kappa shape index (κ1) is 21.4. The van der Waals surface area contributed by atoms with Crippen molar-refractivity contribution in [1.82, 2.24) is 4.57 Å². The molecule has 6 nitrogen and oxygen atoms in total. The van der Waals surface area contributed by atoms with Crippen LogP contribution >= 0.6 is 27.7 Å². The van der Waals surface area contributed by atoms with E-state index in [1.165, 1.54) is 4.90 Å². The summed E-state index contributed by atoms with van der Waals surface area (Å²) in [5.74, 6) is -0.700. The number of hydrogen-bond acceptors (Lipinski definition) is 5. The van der Waals surface area contributed by atoms with Gasteiger partial charge in [0.1, 0.15) is 6.54 Å². The lowest BCUT2D eigenvalue weighted by atomic mass is 10.1. The molecule has 2 heterocycles. The van der Waals surface area contributed by atoms with Crippen LogP contribution in [0.3, 0.4) is 0 Å². The monoisotopic (exact) mass is 498 g/mol. The van der Waals surface area contributed by atoms with Gasteiger partial charge in [0, 0.05) is 27.1 Å². The van der Waals surface area contributed by atoms with Gasteiger partial charge in [-0.3, -0.25) is 14.4 Å². The number of amides is 2. The quantitative estimate of drug-likeness (QED) is 0.342. The minimum Gasteiger partial charge on any atom is -0.465 e. The Kier molecular flexibility index (Phi) is 6.02. The average Bonchev–Trinajstić information content (AvgIpc) is 3.19. The van der Waals surface area contributed by atoms with E-state index in [4.69, 9.17) is 4.74 Å². The van der Waals surface area contributed by atoms with Crippen molar-refractivity contribution in [2.45, 2.75) is 20.4 Å². The molecule has 0 N–H and O–H groups in total. The van der Waals surface area contributed by atoms with Crippen LogP contribution in [0.1, 0.15) is 18.1 Å². The second-order valence-corrected chi connectivity index (χ2v) is 8.94. The van der Waals surface area contributed by atoms with E-state index in [0.717, 1.165) is 38.3 Å². The molecule has 3 aromatic rings. The standard InChI is InChI=1S/C23H19BrN2O4S/c1-3-30-21(27)13-25-12-15(18-11-16(24)6-9-19(18)25)10-20-22(28)26(23(29)31-20)17-7-4-14(2)5-8-17/h4-12H,3,13H2,1-2H3/b20-10-. The molecule has 31 heavy (non-hydrogen) atoms. The zero-order valence-electron chi connectivity index (χ0n) is 16.9. The highest BCUT2D eigenvalue weighted by Crippen LogP contribution is 2.37. The van der Waals surface area contributed by atoms with Crippen molar-refractivity contribution in [3.63, 3.8) is 0 Å². The van der Waals surface area contributed by atoms with Crippen LogP contribution in [0.15, 0.2) is 58.0 Å². The zero-order valence-corrected chi connectivity index (χ0v) is 19.3. The minimum atomic E-state index is -0.361. The molecule has 0 unspecified atom stereocenters. The van der Waals surface area contributed by atoms with Gasteiger partial charge in [-0.05, 0) is 62.0 Å². The number of aryl methyl sites for hydroxylation is 1. The molecule has 1 saturated heterocycles. The number of fused-ring (bicyclic) bond motifs is 1. The second kappa shape index (κ2) is 8.72. The lowest BCUT2D eigenvalue weighted by Crippen LogP contribution is -2.27. The molecule has 158 valence electrons. The molecule has 2 aromatic carbocycles. The largest absolute Gasteiger partial charge is 0.465 e. The molecule has 2 amide bonds. The molecule has 1 aliphatic heterocycles. The summed E-state index contributed by atoms with van der Waals surface area (Å²) >= 11 is 4.38. The Morgan fingerprint density at radius 2 is 1.90 bits per heavy atom. The maximum atomic E-state index is 13.0. The Morgan fingerprint density at radius 3 is 2.61 bits per heavy atom. The number of rotatable bonds is 5. The lowest BCUT2D eigenvalue weighted by Gasteiger charge is -2.12. The Bertz CT molecular complexity index is 1230. The van der Waals surface area contributed by atoms with E-state index in [9.17, 15) is 14.4 Å². The van der Waals surface area contributed by atoms with Crippen LogP contribution in [-0.4, -0.2) is 28.3 Å². The van der Waals surface area contributed by atoms with Gasteiger partial charge < -0.3 is 9.30 Å². The van der Waals surface area contributed by atoms with Crippen molar-refractivity contribution >= 4 is 67.5 Å². The van der Waals surface area contributed by atoms with Gasteiger partial charge in [0.05, 0.1) is 17.2 Å². The van der Waals surface area contributed by atoms with Crippen molar-refractivity contribution in [3.8, 4) is 0 Å². The van der Waals surface area contributed by atoms with E-state index in [1.807, 2.05) is 37.3 Å². The molecule has 0 saturated carbocycles. The fourth-order valence-electron chi connectivity index (χ4n) is 3.41. The predicted octanol–water partition coefficient (Wildman–Crippen LogP) is 5.52. The number of nitrogens with zero attached hydrogens (tertiary/aromatic N) is 2. The first-order valence-electron chi connectivity index (χ1n) is 9.66. The number of carbonyl (C=O) groups excluding carboxylic acids is 3. The molecule has 0 aliphatic carbocycles. The van der Waals surface area contributed by atoms with Gasteiger partial charge in [-0.15, -0.1) is 0 Å². The van der Waals surface area contributed by atoms with Gasteiger partial charge in [-0.1, -0.05) is 33.6 Å². The lowest BCUT2D eigenvalue weighted by molar-refractivity contribution is -0.143. The molecule has 0 radical (unpaired) electrons. The minimum absolute atomic E-state index is 0.0602. The SMILES string of the molecule is CCOC(=O)Cn1cc(/C=C2\SC(=O)N(c3ccc(C)cc3)C2=O)c2cc(Br)ccc21. The number of imide groups is 1. The van der Waals surface area contributed by atoms with Gasteiger partial charge in [0.15, 0.2) is 0 Å². The fraction of sp³-hybridized carbons (Fsp3) is 0.174. The summed E-state index contributed by atoms with van der Waals surface area (Å²) in [6.07, 6.45) is 3.50. The molecule has 1 aliphatic rings. The number of aromatic nitrogens is 1. The van der Waals surface area contributed by atoms with Crippen molar-refractivity contribution in [2.75, 3.05) is 11.5 Å².